The Balaban J connectivity index is 2.24. The summed E-state index contributed by atoms with van der Waals surface area (Å²) in [7, 11) is 0. The van der Waals surface area contributed by atoms with Crippen LogP contribution in [0.1, 0.15) is 32.1 Å². The number of rotatable bonds is 3. The van der Waals surface area contributed by atoms with Gasteiger partial charge < -0.3 is 5.11 Å². The van der Waals surface area contributed by atoms with E-state index in [1.807, 2.05) is 0 Å². The summed E-state index contributed by atoms with van der Waals surface area (Å²) in [5, 5.41) is 14.0. The Labute approximate surface area is 92.3 Å². The molecule has 1 aliphatic carbocycles. The van der Waals surface area contributed by atoms with Crippen molar-refractivity contribution >= 4 is 0 Å². The van der Waals surface area contributed by atoms with Gasteiger partial charge in [0.05, 0.1) is 6.61 Å². The summed E-state index contributed by atoms with van der Waals surface area (Å²) in [6, 6.07) is 0. The van der Waals surface area contributed by atoms with Gasteiger partial charge in [-0.15, -0.1) is 0 Å². The number of aliphatic hydroxyl groups excluding tert-OH is 1. The smallest absolute Gasteiger partial charge is 0.344 e. The molecule has 16 heavy (non-hydrogen) atoms. The van der Waals surface area contributed by atoms with Crippen molar-refractivity contribution < 1.29 is 5.11 Å². The van der Waals surface area contributed by atoms with Crippen LogP contribution in [-0.4, -0.2) is 26.5 Å². The Morgan fingerprint density at radius 1 is 1.12 bits per heavy atom. The van der Waals surface area contributed by atoms with Crippen LogP contribution in [-0.2, 0) is 6.54 Å². The lowest BCUT2D eigenvalue weighted by atomic mass is 9.74. The molecule has 6 heteroatoms. The monoisotopic (exact) mass is 227 g/mol. The maximum Gasteiger partial charge on any atom is 0.344 e. The van der Waals surface area contributed by atoms with Crippen LogP contribution in [0.3, 0.4) is 0 Å². The Morgan fingerprint density at radius 2 is 1.69 bits per heavy atom. The van der Waals surface area contributed by atoms with E-state index in [2.05, 4.69) is 10.2 Å². The fraction of sp³-hybridized carbons (Fsp3) is 0.800. The molecule has 6 nitrogen and oxygen atoms in total. The Bertz CT molecular complexity index is 423. The van der Waals surface area contributed by atoms with Crippen LogP contribution < -0.4 is 11.4 Å². The van der Waals surface area contributed by atoms with Crippen LogP contribution in [0.15, 0.2) is 9.59 Å². The molecule has 0 radical (unpaired) electrons. The van der Waals surface area contributed by atoms with Gasteiger partial charge in [-0.25, -0.2) is 24.4 Å². The van der Waals surface area contributed by atoms with Crippen molar-refractivity contribution in [3.63, 3.8) is 0 Å². The minimum absolute atomic E-state index is 0.0318. The molecule has 0 spiro atoms. The molecule has 90 valence electrons. The third-order valence-corrected chi connectivity index (χ3v) is 3.51. The first-order chi connectivity index (χ1) is 7.67. The van der Waals surface area contributed by atoms with Crippen molar-refractivity contribution in [2.75, 3.05) is 6.61 Å². The summed E-state index contributed by atoms with van der Waals surface area (Å²) < 4.78 is 1.14. The van der Waals surface area contributed by atoms with E-state index >= 15 is 0 Å². The average Bonchev–Trinajstić information content (AvgIpc) is 2.62. The molecule has 2 rings (SSSR count). The standard InChI is InChI=1S/C10H17N3O3/c14-7-10(4-2-1-3-5-10)6-13-8(15)11-12-9(13)16/h14H,1-7H2,(H,11,15)(H,12,16). The topological polar surface area (TPSA) is 90.9 Å². The lowest BCUT2D eigenvalue weighted by Crippen LogP contribution is -2.39. The number of hydrogen-bond donors (Lipinski definition) is 3. The summed E-state index contributed by atoms with van der Waals surface area (Å²) >= 11 is 0. The normalized spacial score (nSPS) is 19.8. The van der Waals surface area contributed by atoms with Crippen molar-refractivity contribution in [1.29, 1.82) is 0 Å². The summed E-state index contributed by atoms with van der Waals surface area (Å²) in [5.41, 5.74) is -1.15. The number of nitrogens with one attached hydrogen (secondary N) is 2. The molecule has 1 aliphatic rings. The molecule has 1 saturated carbocycles. The van der Waals surface area contributed by atoms with Crippen molar-refractivity contribution in [3.8, 4) is 0 Å². The van der Waals surface area contributed by atoms with Gasteiger partial charge in [-0.2, -0.15) is 0 Å². The van der Waals surface area contributed by atoms with E-state index < -0.39 is 11.4 Å². The maximum atomic E-state index is 11.4. The van der Waals surface area contributed by atoms with Gasteiger partial charge in [0.15, 0.2) is 0 Å². The van der Waals surface area contributed by atoms with Gasteiger partial charge in [0.25, 0.3) is 0 Å². The van der Waals surface area contributed by atoms with Crippen LogP contribution in [0, 0.1) is 5.41 Å². The second-order valence-corrected chi connectivity index (χ2v) is 4.67. The quantitative estimate of drug-likeness (QED) is 0.668. The van der Waals surface area contributed by atoms with Gasteiger partial charge in [-0.1, -0.05) is 19.3 Å². The molecule has 3 N–H and O–H groups in total. The number of H-pyrrole nitrogens is 2. The molecule has 0 unspecified atom stereocenters. The van der Waals surface area contributed by atoms with Crippen molar-refractivity contribution in [2.24, 2.45) is 5.41 Å². The molecule has 0 aliphatic heterocycles. The van der Waals surface area contributed by atoms with E-state index in [9.17, 15) is 14.7 Å². The van der Waals surface area contributed by atoms with Crippen molar-refractivity contribution in [3.05, 3.63) is 21.0 Å². The largest absolute Gasteiger partial charge is 0.396 e. The fourth-order valence-corrected chi connectivity index (χ4v) is 2.48. The third kappa shape index (κ3) is 1.97. The third-order valence-electron chi connectivity index (χ3n) is 3.51. The number of aromatic nitrogens is 3. The SMILES string of the molecule is O=c1[nH][nH]c(=O)n1CC1(CO)CCCCC1. The Kier molecular flexibility index (Phi) is 3.00. The Hall–Kier alpha value is -1.30. The van der Waals surface area contributed by atoms with Crippen LogP contribution >= 0.6 is 0 Å². The summed E-state index contributed by atoms with van der Waals surface area (Å²) in [6.45, 7) is 0.339. The highest BCUT2D eigenvalue weighted by Crippen LogP contribution is 2.36. The van der Waals surface area contributed by atoms with E-state index in [0.717, 1.165) is 30.3 Å². The highest BCUT2D eigenvalue weighted by molar-refractivity contribution is 4.84. The van der Waals surface area contributed by atoms with E-state index in [-0.39, 0.29) is 12.0 Å². The van der Waals surface area contributed by atoms with Crippen molar-refractivity contribution in [2.45, 2.75) is 38.6 Å². The van der Waals surface area contributed by atoms with Crippen LogP contribution in [0.5, 0.6) is 0 Å². The highest BCUT2D eigenvalue weighted by Gasteiger charge is 2.32. The van der Waals surface area contributed by atoms with Crippen LogP contribution in [0.2, 0.25) is 0 Å². The average molecular weight is 227 g/mol. The number of aliphatic hydroxyl groups is 1. The second kappa shape index (κ2) is 4.29. The predicted molar refractivity (Wildman–Crippen MR) is 58.3 cm³/mol. The molecule has 1 aromatic heterocycles. The van der Waals surface area contributed by atoms with Gasteiger partial charge in [0.2, 0.25) is 0 Å². The molecular weight excluding hydrogens is 210 g/mol. The first kappa shape index (κ1) is 11.2. The zero-order valence-electron chi connectivity index (χ0n) is 9.16. The first-order valence-corrected chi connectivity index (χ1v) is 5.65. The predicted octanol–water partition coefficient (Wildman–Crippen LogP) is -0.193. The number of hydrogen-bond acceptors (Lipinski definition) is 3. The van der Waals surface area contributed by atoms with Crippen LogP contribution in [0.4, 0.5) is 0 Å². The van der Waals surface area contributed by atoms with Gasteiger partial charge in [0, 0.05) is 12.0 Å². The molecular formula is C10H17N3O3. The minimum atomic E-state index is -0.427. The fourth-order valence-electron chi connectivity index (χ4n) is 2.48. The van der Waals surface area contributed by atoms with Gasteiger partial charge in [-0.3, -0.25) is 0 Å². The minimum Gasteiger partial charge on any atom is -0.396 e. The van der Waals surface area contributed by atoms with Gasteiger partial charge in [0.1, 0.15) is 0 Å². The molecule has 1 heterocycles. The van der Waals surface area contributed by atoms with E-state index in [4.69, 9.17) is 0 Å². The summed E-state index contributed by atoms with van der Waals surface area (Å²) in [4.78, 5) is 22.7. The summed E-state index contributed by atoms with van der Waals surface area (Å²) in [6.07, 6.45) is 5.02. The Morgan fingerprint density at radius 3 is 2.19 bits per heavy atom. The van der Waals surface area contributed by atoms with Crippen LogP contribution in [0.25, 0.3) is 0 Å². The van der Waals surface area contributed by atoms with E-state index in [1.54, 1.807) is 0 Å². The zero-order chi connectivity index (χ0) is 11.6. The maximum absolute atomic E-state index is 11.4. The molecule has 0 amide bonds. The molecule has 1 aromatic rings. The molecule has 0 saturated heterocycles. The zero-order valence-corrected chi connectivity index (χ0v) is 9.16. The second-order valence-electron chi connectivity index (χ2n) is 4.67. The first-order valence-electron chi connectivity index (χ1n) is 5.65. The van der Waals surface area contributed by atoms with E-state index in [0.29, 0.717) is 6.54 Å². The molecule has 0 aromatic carbocycles. The molecule has 0 atom stereocenters. The van der Waals surface area contributed by atoms with Gasteiger partial charge >= 0.3 is 11.4 Å². The summed E-state index contributed by atoms with van der Waals surface area (Å²) in [5.74, 6) is 0. The van der Waals surface area contributed by atoms with E-state index in [1.165, 1.54) is 6.42 Å². The molecule has 0 bridgehead atoms. The lowest BCUT2D eigenvalue weighted by Gasteiger charge is -2.35. The lowest BCUT2D eigenvalue weighted by molar-refractivity contribution is 0.0628. The molecule has 1 fully saturated rings. The number of nitrogens with zero attached hydrogens (tertiary/aromatic N) is 1. The van der Waals surface area contributed by atoms with Gasteiger partial charge in [-0.05, 0) is 12.8 Å². The number of aromatic amines is 2. The van der Waals surface area contributed by atoms with Crippen molar-refractivity contribution in [1.82, 2.24) is 14.8 Å². The highest BCUT2D eigenvalue weighted by atomic mass is 16.3.